The highest BCUT2D eigenvalue weighted by Gasteiger charge is 2.21. The van der Waals surface area contributed by atoms with Crippen molar-refractivity contribution in [2.45, 2.75) is 78.7 Å². The van der Waals surface area contributed by atoms with Crippen molar-refractivity contribution in [3.05, 3.63) is 29.8 Å². The second kappa shape index (κ2) is 9.05. The van der Waals surface area contributed by atoms with Crippen LogP contribution in [0, 0.1) is 5.92 Å². The second-order valence-electron chi connectivity index (χ2n) is 5.89. The van der Waals surface area contributed by atoms with E-state index < -0.39 is 0 Å². The normalized spacial score (nSPS) is 22.1. The van der Waals surface area contributed by atoms with Gasteiger partial charge in [-0.05, 0) is 55.2 Å². The average molecular weight is 276 g/mol. The SMILES string of the molecule is CC.CCC1CCC(Oc2ccc(C(C)C)cc2)CC1. The van der Waals surface area contributed by atoms with Gasteiger partial charge in [0, 0.05) is 0 Å². The fourth-order valence-electron chi connectivity index (χ4n) is 2.78. The van der Waals surface area contributed by atoms with Gasteiger partial charge in [0.25, 0.3) is 0 Å². The van der Waals surface area contributed by atoms with Crippen molar-refractivity contribution in [2.24, 2.45) is 5.92 Å². The van der Waals surface area contributed by atoms with E-state index in [1.165, 1.54) is 37.7 Å². The molecule has 0 aromatic heterocycles. The lowest BCUT2D eigenvalue weighted by atomic mass is 9.86. The molecule has 20 heavy (non-hydrogen) atoms. The molecule has 1 aliphatic rings. The summed E-state index contributed by atoms with van der Waals surface area (Å²) in [4.78, 5) is 0. The molecule has 0 radical (unpaired) electrons. The molecular formula is C19H32O. The fraction of sp³-hybridized carbons (Fsp3) is 0.684. The second-order valence-corrected chi connectivity index (χ2v) is 5.89. The summed E-state index contributed by atoms with van der Waals surface area (Å²) < 4.78 is 6.08. The molecule has 0 N–H and O–H groups in total. The van der Waals surface area contributed by atoms with Crippen molar-refractivity contribution in [3.8, 4) is 5.75 Å². The molecule has 2 rings (SSSR count). The lowest BCUT2D eigenvalue weighted by Gasteiger charge is -2.28. The average Bonchev–Trinajstić information content (AvgIpc) is 2.50. The Kier molecular flexibility index (Phi) is 7.72. The molecule has 0 amide bonds. The zero-order valence-electron chi connectivity index (χ0n) is 14.0. The summed E-state index contributed by atoms with van der Waals surface area (Å²) in [6.45, 7) is 10.8. The maximum absolute atomic E-state index is 6.08. The highest BCUT2D eigenvalue weighted by Crippen LogP contribution is 2.29. The molecule has 114 valence electrons. The van der Waals surface area contributed by atoms with Gasteiger partial charge >= 0.3 is 0 Å². The van der Waals surface area contributed by atoms with Gasteiger partial charge in [0.2, 0.25) is 0 Å². The zero-order valence-corrected chi connectivity index (χ0v) is 14.0. The molecule has 1 fully saturated rings. The maximum Gasteiger partial charge on any atom is 0.119 e. The summed E-state index contributed by atoms with van der Waals surface area (Å²) in [5.74, 6) is 2.58. The minimum Gasteiger partial charge on any atom is -0.490 e. The van der Waals surface area contributed by atoms with Gasteiger partial charge in [-0.2, -0.15) is 0 Å². The van der Waals surface area contributed by atoms with Crippen LogP contribution in [0.25, 0.3) is 0 Å². The summed E-state index contributed by atoms with van der Waals surface area (Å²) in [5.41, 5.74) is 1.39. The number of hydrogen-bond acceptors (Lipinski definition) is 1. The van der Waals surface area contributed by atoms with E-state index in [0.717, 1.165) is 11.7 Å². The van der Waals surface area contributed by atoms with Crippen LogP contribution in [0.15, 0.2) is 24.3 Å². The van der Waals surface area contributed by atoms with Gasteiger partial charge in [-0.25, -0.2) is 0 Å². The Bertz CT molecular complexity index is 345. The molecule has 1 nitrogen and oxygen atoms in total. The Morgan fingerprint density at radius 3 is 2.00 bits per heavy atom. The van der Waals surface area contributed by atoms with E-state index >= 15 is 0 Å². The molecule has 0 saturated heterocycles. The molecule has 0 unspecified atom stereocenters. The van der Waals surface area contributed by atoms with Gasteiger partial charge in [-0.15, -0.1) is 0 Å². The number of benzene rings is 1. The lowest BCUT2D eigenvalue weighted by Crippen LogP contribution is -2.23. The molecule has 0 atom stereocenters. The molecular weight excluding hydrogens is 244 g/mol. The third-order valence-electron chi connectivity index (χ3n) is 4.22. The molecule has 0 aliphatic heterocycles. The highest BCUT2D eigenvalue weighted by atomic mass is 16.5. The highest BCUT2D eigenvalue weighted by molar-refractivity contribution is 5.29. The van der Waals surface area contributed by atoms with E-state index in [1.807, 2.05) is 13.8 Å². The molecule has 1 aliphatic carbocycles. The molecule has 0 bridgehead atoms. The third kappa shape index (κ3) is 5.19. The summed E-state index contributed by atoms with van der Waals surface area (Å²) in [6.07, 6.45) is 6.90. The van der Waals surface area contributed by atoms with Crippen molar-refractivity contribution in [3.63, 3.8) is 0 Å². The lowest BCUT2D eigenvalue weighted by molar-refractivity contribution is 0.130. The molecule has 1 aromatic carbocycles. The smallest absolute Gasteiger partial charge is 0.119 e. The van der Waals surface area contributed by atoms with Crippen molar-refractivity contribution >= 4 is 0 Å². The zero-order chi connectivity index (χ0) is 15.0. The monoisotopic (exact) mass is 276 g/mol. The quantitative estimate of drug-likeness (QED) is 0.637. The third-order valence-corrected chi connectivity index (χ3v) is 4.22. The summed E-state index contributed by atoms with van der Waals surface area (Å²) >= 11 is 0. The maximum atomic E-state index is 6.08. The van der Waals surface area contributed by atoms with E-state index in [9.17, 15) is 0 Å². The number of rotatable bonds is 4. The predicted molar refractivity (Wildman–Crippen MR) is 88.5 cm³/mol. The van der Waals surface area contributed by atoms with Gasteiger partial charge in [0.05, 0.1) is 6.10 Å². The largest absolute Gasteiger partial charge is 0.490 e. The topological polar surface area (TPSA) is 9.23 Å². The van der Waals surface area contributed by atoms with Crippen LogP contribution in [0.4, 0.5) is 0 Å². The standard InChI is InChI=1S/C17H26O.C2H6/c1-4-14-5-9-16(10-6-14)18-17-11-7-15(8-12-17)13(2)3;1-2/h7-8,11-14,16H,4-6,9-10H2,1-3H3;1-2H3. The Labute approximate surface area is 125 Å². The Hall–Kier alpha value is -0.980. The molecule has 1 aromatic rings. The van der Waals surface area contributed by atoms with Gasteiger partial charge in [0.15, 0.2) is 0 Å². The minimum atomic E-state index is 0.442. The van der Waals surface area contributed by atoms with Crippen LogP contribution in [0.3, 0.4) is 0 Å². The summed E-state index contributed by atoms with van der Waals surface area (Å²) in [6, 6.07) is 8.64. The van der Waals surface area contributed by atoms with Crippen LogP contribution in [-0.4, -0.2) is 6.10 Å². The van der Waals surface area contributed by atoms with Crippen LogP contribution >= 0.6 is 0 Å². The van der Waals surface area contributed by atoms with Crippen LogP contribution in [-0.2, 0) is 0 Å². The van der Waals surface area contributed by atoms with E-state index in [0.29, 0.717) is 12.0 Å². The van der Waals surface area contributed by atoms with E-state index in [4.69, 9.17) is 4.74 Å². The molecule has 0 spiro atoms. The van der Waals surface area contributed by atoms with Gasteiger partial charge in [-0.1, -0.05) is 53.2 Å². The molecule has 1 heteroatoms. The first kappa shape index (κ1) is 17.1. The Morgan fingerprint density at radius 1 is 1.00 bits per heavy atom. The number of ether oxygens (including phenoxy) is 1. The van der Waals surface area contributed by atoms with Crippen LogP contribution in [0.5, 0.6) is 5.75 Å². The first-order chi connectivity index (χ1) is 9.69. The molecule has 0 heterocycles. The van der Waals surface area contributed by atoms with Crippen molar-refractivity contribution in [1.82, 2.24) is 0 Å². The van der Waals surface area contributed by atoms with Crippen LogP contribution in [0.2, 0.25) is 0 Å². The van der Waals surface area contributed by atoms with Crippen molar-refractivity contribution < 1.29 is 4.74 Å². The summed E-state index contributed by atoms with van der Waals surface area (Å²) in [7, 11) is 0. The minimum absolute atomic E-state index is 0.442. The van der Waals surface area contributed by atoms with Crippen molar-refractivity contribution in [1.29, 1.82) is 0 Å². The van der Waals surface area contributed by atoms with Gasteiger partial charge in [-0.3, -0.25) is 0 Å². The van der Waals surface area contributed by atoms with E-state index in [-0.39, 0.29) is 0 Å². The Balaban J connectivity index is 0.000000956. The van der Waals surface area contributed by atoms with Crippen molar-refractivity contribution in [2.75, 3.05) is 0 Å². The predicted octanol–water partition coefficient (Wildman–Crippen LogP) is 6.18. The fourth-order valence-corrected chi connectivity index (χ4v) is 2.78. The van der Waals surface area contributed by atoms with Gasteiger partial charge in [0.1, 0.15) is 5.75 Å². The molecule has 1 saturated carbocycles. The van der Waals surface area contributed by atoms with E-state index in [2.05, 4.69) is 45.0 Å². The first-order valence-electron chi connectivity index (χ1n) is 8.45. The van der Waals surface area contributed by atoms with Crippen LogP contribution < -0.4 is 4.74 Å². The van der Waals surface area contributed by atoms with Crippen LogP contribution in [0.1, 0.15) is 78.2 Å². The first-order valence-corrected chi connectivity index (χ1v) is 8.45. The van der Waals surface area contributed by atoms with E-state index in [1.54, 1.807) is 0 Å². The van der Waals surface area contributed by atoms with Gasteiger partial charge < -0.3 is 4.74 Å². The number of hydrogen-bond donors (Lipinski definition) is 0. The summed E-state index contributed by atoms with van der Waals surface area (Å²) in [5, 5.41) is 0. The Morgan fingerprint density at radius 2 is 1.55 bits per heavy atom.